The number of ketones is 1. The van der Waals surface area contributed by atoms with Crippen LogP contribution in [0.4, 0.5) is 4.39 Å². The van der Waals surface area contributed by atoms with Crippen LogP contribution in [0.25, 0.3) is 0 Å². The first kappa shape index (κ1) is 11.3. The Morgan fingerprint density at radius 2 is 2.27 bits per heavy atom. The normalized spacial score (nSPS) is 11.9. The molecule has 1 heterocycles. The predicted octanol–water partition coefficient (Wildman–Crippen LogP) is -0.00380. The van der Waals surface area contributed by atoms with E-state index in [9.17, 15) is 19.1 Å². The van der Waals surface area contributed by atoms with Gasteiger partial charge in [0.1, 0.15) is 5.82 Å². The number of carbonyl (C=O) groups is 2. The van der Waals surface area contributed by atoms with Crippen molar-refractivity contribution in [2.75, 3.05) is 7.11 Å². The summed E-state index contributed by atoms with van der Waals surface area (Å²) in [5.74, 6) is -3.04. The summed E-state index contributed by atoms with van der Waals surface area (Å²) in [7, 11) is 1.01. The third-order valence-electron chi connectivity index (χ3n) is 1.66. The summed E-state index contributed by atoms with van der Waals surface area (Å²) in [6.07, 6.45) is -0.716. The molecular weight excluding hydrogens is 205 g/mol. The first-order valence-electron chi connectivity index (χ1n) is 3.98. The Morgan fingerprint density at radius 1 is 1.60 bits per heavy atom. The molecule has 15 heavy (non-hydrogen) atoms. The van der Waals surface area contributed by atoms with Gasteiger partial charge in [0.25, 0.3) is 5.78 Å². The lowest BCUT2D eigenvalue weighted by Crippen LogP contribution is -2.23. The van der Waals surface area contributed by atoms with E-state index in [-0.39, 0.29) is 5.69 Å². The van der Waals surface area contributed by atoms with Crippen LogP contribution in [0, 0.1) is 5.82 Å². The minimum Gasteiger partial charge on any atom is -0.463 e. The maximum atomic E-state index is 12.7. The number of nitrogens with zero attached hydrogens (tertiary/aromatic N) is 1. The van der Waals surface area contributed by atoms with Crippen LogP contribution < -0.4 is 0 Å². The standard InChI is InChI=1S/C9H8FNO4/c1-15-9(14)8(13)7(12)6-4-5(10)2-3-11-6/h2-4,7,12H,1H3. The average Bonchev–Trinajstić information content (AvgIpc) is 2.26. The molecule has 0 saturated heterocycles. The molecule has 0 bridgehead atoms. The monoisotopic (exact) mass is 213 g/mol. The topological polar surface area (TPSA) is 76.5 Å². The van der Waals surface area contributed by atoms with Gasteiger partial charge in [-0.05, 0) is 12.1 Å². The highest BCUT2D eigenvalue weighted by molar-refractivity contribution is 6.35. The van der Waals surface area contributed by atoms with Crippen molar-refractivity contribution in [1.29, 1.82) is 0 Å². The van der Waals surface area contributed by atoms with E-state index in [1.165, 1.54) is 0 Å². The van der Waals surface area contributed by atoms with E-state index in [0.717, 1.165) is 25.4 Å². The summed E-state index contributed by atoms with van der Waals surface area (Å²) in [6.45, 7) is 0. The average molecular weight is 213 g/mol. The van der Waals surface area contributed by atoms with Gasteiger partial charge in [0.15, 0.2) is 6.10 Å². The first-order valence-corrected chi connectivity index (χ1v) is 3.98. The Morgan fingerprint density at radius 3 is 2.80 bits per heavy atom. The van der Waals surface area contributed by atoms with Crippen LogP contribution in [0.5, 0.6) is 0 Å². The van der Waals surface area contributed by atoms with Crippen LogP contribution >= 0.6 is 0 Å². The Labute approximate surface area is 84.5 Å². The van der Waals surface area contributed by atoms with E-state index in [1.54, 1.807) is 0 Å². The highest BCUT2D eigenvalue weighted by Gasteiger charge is 2.26. The molecule has 0 aliphatic rings. The molecule has 1 aromatic heterocycles. The zero-order valence-corrected chi connectivity index (χ0v) is 7.81. The Hall–Kier alpha value is -1.82. The zero-order valence-electron chi connectivity index (χ0n) is 7.81. The summed E-state index contributed by atoms with van der Waals surface area (Å²) in [6, 6.07) is 1.92. The lowest BCUT2D eigenvalue weighted by Gasteiger charge is -2.06. The van der Waals surface area contributed by atoms with Crippen molar-refractivity contribution in [2.24, 2.45) is 0 Å². The number of esters is 1. The summed E-state index contributed by atoms with van der Waals surface area (Å²) in [5, 5.41) is 9.34. The molecule has 0 saturated carbocycles. The maximum Gasteiger partial charge on any atom is 0.377 e. The molecule has 0 aromatic carbocycles. The van der Waals surface area contributed by atoms with Crippen molar-refractivity contribution >= 4 is 11.8 Å². The van der Waals surface area contributed by atoms with E-state index in [2.05, 4.69) is 9.72 Å². The molecule has 0 radical (unpaired) electrons. The van der Waals surface area contributed by atoms with E-state index in [1.807, 2.05) is 0 Å². The fourth-order valence-corrected chi connectivity index (χ4v) is 0.917. The molecular formula is C9H8FNO4. The van der Waals surface area contributed by atoms with Crippen molar-refractivity contribution in [3.05, 3.63) is 29.8 Å². The van der Waals surface area contributed by atoms with Gasteiger partial charge in [-0.15, -0.1) is 0 Å². The molecule has 5 nitrogen and oxygen atoms in total. The molecule has 1 N–H and O–H groups in total. The third kappa shape index (κ3) is 2.57. The molecule has 1 aromatic rings. The van der Waals surface area contributed by atoms with E-state index >= 15 is 0 Å². The number of pyridine rings is 1. The van der Waals surface area contributed by atoms with Crippen LogP contribution in [0.3, 0.4) is 0 Å². The minimum atomic E-state index is -1.80. The minimum absolute atomic E-state index is 0.231. The molecule has 0 fully saturated rings. The van der Waals surface area contributed by atoms with Gasteiger partial charge in [0, 0.05) is 6.20 Å². The number of halogens is 1. The van der Waals surface area contributed by atoms with Crippen molar-refractivity contribution < 1.29 is 23.8 Å². The second-order valence-corrected chi connectivity index (χ2v) is 2.66. The molecule has 6 heteroatoms. The lowest BCUT2D eigenvalue weighted by molar-refractivity contribution is -0.155. The smallest absolute Gasteiger partial charge is 0.377 e. The highest BCUT2D eigenvalue weighted by atomic mass is 19.1. The van der Waals surface area contributed by atoms with E-state index in [0.29, 0.717) is 0 Å². The van der Waals surface area contributed by atoms with Gasteiger partial charge in [-0.1, -0.05) is 0 Å². The number of aliphatic hydroxyl groups is 1. The third-order valence-corrected chi connectivity index (χ3v) is 1.66. The van der Waals surface area contributed by atoms with Crippen LogP contribution in [-0.2, 0) is 14.3 Å². The van der Waals surface area contributed by atoms with Crippen molar-refractivity contribution in [2.45, 2.75) is 6.10 Å². The molecule has 0 aliphatic carbocycles. The Balaban J connectivity index is 2.89. The molecule has 1 atom stereocenters. The van der Waals surface area contributed by atoms with Crippen molar-refractivity contribution in [3.8, 4) is 0 Å². The number of ether oxygens (including phenoxy) is 1. The second kappa shape index (κ2) is 4.61. The van der Waals surface area contributed by atoms with E-state index < -0.39 is 23.7 Å². The lowest BCUT2D eigenvalue weighted by atomic mass is 10.1. The summed E-state index contributed by atoms with van der Waals surface area (Å²) >= 11 is 0. The van der Waals surface area contributed by atoms with Crippen LogP contribution in [0.1, 0.15) is 11.8 Å². The van der Waals surface area contributed by atoms with Crippen LogP contribution in [0.15, 0.2) is 18.3 Å². The van der Waals surface area contributed by atoms with Crippen molar-refractivity contribution in [1.82, 2.24) is 4.98 Å². The summed E-state index contributed by atoms with van der Waals surface area (Å²) in [4.78, 5) is 25.4. The highest BCUT2D eigenvalue weighted by Crippen LogP contribution is 2.12. The number of methoxy groups -OCH3 is 1. The van der Waals surface area contributed by atoms with Gasteiger partial charge in [-0.3, -0.25) is 9.78 Å². The van der Waals surface area contributed by atoms with Gasteiger partial charge in [0.05, 0.1) is 12.8 Å². The molecule has 1 unspecified atom stereocenters. The fourth-order valence-electron chi connectivity index (χ4n) is 0.917. The SMILES string of the molecule is COC(=O)C(=O)C(O)c1cc(F)ccn1. The van der Waals surface area contributed by atoms with Crippen LogP contribution in [0.2, 0.25) is 0 Å². The van der Waals surface area contributed by atoms with Gasteiger partial charge in [-0.25, -0.2) is 9.18 Å². The molecule has 0 aliphatic heterocycles. The number of aliphatic hydroxyl groups excluding tert-OH is 1. The second-order valence-electron chi connectivity index (χ2n) is 2.66. The number of carbonyl (C=O) groups excluding carboxylic acids is 2. The Bertz CT molecular complexity index is 393. The largest absolute Gasteiger partial charge is 0.463 e. The number of hydrogen-bond donors (Lipinski definition) is 1. The number of aromatic nitrogens is 1. The quantitative estimate of drug-likeness (QED) is 0.564. The number of hydrogen-bond acceptors (Lipinski definition) is 5. The van der Waals surface area contributed by atoms with Crippen LogP contribution in [-0.4, -0.2) is 29.0 Å². The van der Waals surface area contributed by atoms with E-state index in [4.69, 9.17) is 0 Å². The maximum absolute atomic E-state index is 12.7. The fraction of sp³-hybridized carbons (Fsp3) is 0.222. The predicted molar refractivity (Wildman–Crippen MR) is 46.2 cm³/mol. The van der Waals surface area contributed by atoms with Gasteiger partial charge < -0.3 is 9.84 Å². The first-order chi connectivity index (χ1) is 7.06. The Kier molecular flexibility index (Phi) is 3.46. The summed E-state index contributed by atoms with van der Waals surface area (Å²) < 4.78 is 16.8. The molecule has 0 spiro atoms. The van der Waals surface area contributed by atoms with Gasteiger partial charge in [0.2, 0.25) is 0 Å². The zero-order chi connectivity index (χ0) is 11.4. The van der Waals surface area contributed by atoms with Gasteiger partial charge in [-0.2, -0.15) is 0 Å². The number of rotatable bonds is 3. The van der Waals surface area contributed by atoms with Crippen molar-refractivity contribution in [3.63, 3.8) is 0 Å². The summed E-state index contributed by atoms with van der Waals surface area (Å²) in [5.41, 5.74) is -0.231. The molecule has 80 valence electrons. The number of Topliss-reactive ketones (excluding diaryl/α,β-unsaturated/α-hetero) is 1. The molecule has 0 amide bonds. The molecule has 1 rings (SSSR count). The van der Waals surface area contributed by atoms with Gasteiger partial charge >= 0.3 is 5.97 Å².